The van der Waals surface area contributed by atoms with Crippen LogP contribution >= 0.6 is 11.8 Å². The van der Waals surface area contributed by atoms with E-state index >= 15 is 0 Å². The second-order valence-electron chi connectivity index (χ2n) is 12.7. The number of rotatable bonds is 16. The first-order valence-electron chi connectivity index (χ1n) is 17.5. The average molecular weight is 721 g/mol. The van der Waals surface area contributed by atoms with Crippen molar-refractivity contribution in [1.29, 1.82) is 0 Å². The zero-order chi connectivity index (χ0) is 36.1. The van der Waals surface area contributed by atoms with Crippen LogP contribution in [0.3, 0.4) is 0 Å². The Morgan fingerprint density at radius 1 is 0.865 bits per heavy atom. The minimum Gasteiger partial charge on any atom is -0.397 e. The lowest BCUT2D eigenvalue weighted by atomic mass is 9.97. The highest BCUT2D eigenvalue weighted by atomic mass is 32.2. The Morgan fingerprint density at radius 2 is 1.60 bits per heavy atom. The molecule has 270 valence electrons. The first-order valence-corrected chi connectivity index (χ1v) is 18.5. The lowest BCUT2D eigenvalue weighted by Crippen LogP contribution is -2.31. The van der Waals surface area contributed by atoms with Gasteiger partial charge in [-0.05, 0) is 52.8 Å². The summed E-state index contributed by atoms with van der Waals surface area (Å²) in [5.41, 5.74) is 12.9. The smallest absolute Gasteiger partial charge is 0.224 e. The van der Waals surface area contributed by atoms with Gasteiger partial charge in [0.05, 0.1) is 30.2 Å². The Kier molecular flexibility index (Phi) is 13.1. The van der Waals surface area contributed by atoms with E-state index in [-0.39, 0.29) is 30.6 Å². The molecule has 0 unspecified atom stereocenters. The maximum atomic E-state index is 12.7. The molecule has 1 fully saturated rings. The van der Waals surface area contributed by atoms with Crippen molar-refractivity contribution in [2.45, 2.75) is 75.3 Å². The topological polar surface area (TPSA) is 164 Å². The summed E-state index contributed by atoms with van der Waals surface area (Å²) in [5.74, 6) is 0.580. The summed E-state index contributed by atoms with van der Waals surface area (Å²) in [5, 5.41) is 23.0. The van der Waals surface area contributed by atoms with E-state index in [2.05, 4.69) is 44.0 Å². The van der Waals surface area contributed by atoms with Crippen LogP contribution in [0.25, 0.3) is 11.1 Å². The van der Waals surface area contributed by atoms with Gasteiger partial charge >= 0.3 is 0 Å². The number of hydrogen-bond donors (Lipinski definition) is 5. The molecule has 1 aliphatic rings. The van der Waals surface area contributed by atoms with E-state index < -0.39 is 6.29 Å². The molecule has 1 aromatic heterocycles. The van der Waals surface area contributed by atoms with E-state index in [1.54, 1.807) is 23.9 Å². The molecule has 12 heteroatoms. The Morgan fingerprint density at radius 3 is 2.35 bits per heavy atom. The Hall–Kier alpha value is -5.01. The number of unbranched alkanes of at least 4 members (excludes halogenated alkanes) is 2. The van der Waals surface area contributed by atoms with Gasteiger partial charge in [-0.3, -0.25) is 14.7 Å². The van der Waals surface area contributed by atoms with Crippen LogP contribution in [-0.2, 0) is 32.2 Å². The molecule has 11 nitrogen and oxygen atoms in total. The monoisotopic (exact) mass is 720 g/mol. The minimum atomic E-state index is -0.572. The fraction of sp³-hybridized carbons (Fsp3) is 0.300. The molecule has 1 saturated heterocycles. The Balaban J connectivity index is 1.02. The standard InChI is InChI=1S/C40H44N6O5S/c41-34-10-6-7-11-35(34)45-38(49)13-3-1-2-12-37(48)42-23-31-8-4-5-9-33(31)28-18-20-30(21-19-28)39-50-32(25-52-40-43-26-44-46-40)22-36(51-39)29-16-14-27(24-47)15-17-29/h4-11,14-21,26,32,36,39,47H,1-3,12-13,22-25,41H2,(H,42,48)(H,45,49)(H,43,44,46)/t32-,36+,39+/m1/s1. The van der Waals surface area contributed by atoms with E-state index in [1.165, 1.54) is 6.33 Å². The Labute approximate surface area is 307 Å². The number of nitrogen functional groups attached to an aromatic ring is 1. The number of carbonyl (C=O) groups is 2. The van der Waals surface area contributed by atoms with Crippen LogP contribution in [0.15, 0.2) is 109 Å². The van der Waals surface area contributed by atoms with Crippen LogP contribution in [0.1, 0.15) is 73.2 Å². The zero-order valence-electron chi connectivity index (χ0n) is 28.9. The third-order valence-electron chi connectivity index (χ3n) is 8.94. The summed E-state index contributed by atoms with van der Waals surface area (Å²) < 4.78 is 13.0. The number of anilines is 2. The van der Waals surface area contributed by atoms with Crippen molar-refractivity contribution in [2.24, 2.45) is 0 Å². The van der Waals surface area contributed by atoms with Gasteiger partial charge in [0.1, 0.15) is 6.33 Å². The van der Waals surface area contributed by atoms with Gasteiger partial charge in [0.25, 0.3) is 0 Å². The number of amides is 2. The van der Waals surface area contributed by atoms with E-state index in [9.17, 15) is 14.7 Å². The van der Waals surface area contributed by atoms with Gasteiger partial charge in [0, 0.05) is 37.1 Å². The summed E-state index contributed by atoms with van der Waals surface area (Å²) in [6, 6.07) is 31.3. The van der Waals surface area contributed by atoms with E-state index in [0.717, 1.165) is 45.0 Å². The molecule has 0 radical (unpaired) electrons. The molecule has 0 saturated carbocycles. The van der Waals surface area contributed by atoms with Gasteiger partial charge in [0.15, 0.2) is 11.4 Å². The highest BCUT2D eigenvalue weighted by Crippen LogP contribution is 2.39. The highest BCUT2D eigenvalue weighted by molar-refractivity contribution is 7.99. The van der Waals surface area contributed by atoms with Crippen molar-refractivity contribution in [3.8, 4) is 11.1 Å². The number of hydrogen-bond acceptors (Lipinski definition) is 9. The first-order chi connectivity index (χ1) is 25.4. The van der Waals surface area contributed by atoms with Crippen molar-refractivity contribution < 1.29 is 24.2 Å². The van der Waals surface area contributed by atoms with Crippen LogP contribution in [-0.4, -0.2) is 44.0 Å². The highest BCUT2D eigenvalue weighted by Gasteiger charge is 2.32. The lowest BCUT2D eigenvalue weighted by Gasteiger charge is -2.36. The van der Waals surface area contributed by atoms with Gasteiger partial charge in [-0.2, -0.15) is 5.10 Å². The quantitative estimate of drug-likeness (QED) is 0.0407. The third kappa shape index (κ3) is 10.3. The maximum absolute atomic E-state index is 12.7. The van der Waals surface area contributed by atoms with Gasteiger partial charge < -0.3 is 30.9 Å². The van der Waals surface area contributed by atoms with Crippen LogP contribution in [0.2, 0.25) is 0 Å². The molecular weight excluding hydrogens is 677 g/mol. The van der Waals surface area contributed by atoms with Crippen LogP contribution in [0.4, 0.5) is 11.4 Å². The molecule has 6 rings (SSSR count). The first kappa shape index (κ1) is 36.8. The van der Waals surface area contributed by atoms with Crippen LogP contribution in [0.5, 0.6) is 0 Å². The third-order valence-corrected chi connectivity index (χ3v) is 9.95. The van der Waals surface area contributed by atoms with Gasteiger partial charge in [-0.25, -0.2) is 4.98 Å². The molecule has 4 aromatic carbocycles. The number of aliphatic hydroxyl groups is 1. The number of nitrogens with one attached hydrogen (secondary N) is 3. The second-order valence-corrected chi connectivity index (χ2v) is 13.7. The van der Waals surface area contributed by atoms with E-state index in [0.29, 0.717) is 55.8 Å². The number of nitrogens with two attached hydrogens (primary N) is 1. The zero-order valence-corrected chi connectivity index (χ0v) is 29.7. The van der Waals surface area contributed by atoms with Crippen molar-refractivity contribution in [1.82, 2.24) is 20.5 Å². The summed E-state index contributed by atoms with van der Waals surface area (Å²) in [7, 11) is 0. The largest absolute Gasteiger partial charge is 0.397 e. The number of H-pyrrole nitrogens is 1. The Bertz CT molecular complexity index is 1890. The number of aromatic amines is 1. The number of ether oxygens (including phenoxy) is 2. The SMILES string of the molecule is Nc1ccccc1NC(=O)CCCCCC(=O)NCc1ccccc1-c1ccc([C@H]2O[C@@H](CSc3ncn[nH]3)C[C@@H](c3ccc(CO)cc3)O2)cc1. The molecule has 5 aromatic rings. The molecule has 0 spiro atoms. The number of benzene rings is 4. The molecule has 1 aliphatic heterocycles. The van der Waals surface area contributed by atoms with Crippen molar-refractivity contribution >= 4 is 35.0 Å². The fourth-order valence-corrected chi connectivity index (χ4v) is 6.89. The predicted octanol–water partition coefficient (Wildman–Crippen LogP) is 7.09. The second kappa shape index (κ2) is 18.5. The fourth-order valence-electron chi connectivity index (χ4n) is 6.09. The molecule has 3 atom stereocenters. The van der Waals surface area contributed by atoms with Crippen molar-refractivity contribution in [3.05, 3.63) is 126 Å². The van der Waals surface area contributed by atoms with Crippen LogP contribution in [0, 0.1) is 0 Å². The number of aliphatic hydroxyl groups excluding tert-OH is 1. The summed E-state index contributed by atoms with van der Waals surface area (Å²) in [6.07, 6.45) is 4.27. The lowest BCUT2D eigenvalue weighted by molar-refractivity contribution is -0.245. The molecule has 2 heterocycles. The van der Waals surface area contributed by atoms with Gasteiger partial charge in [-0.1, -0.05) is 103 Å². The van der Waals surface area contributed by atoms with Crippen LogP contribution < -0.4 is 16.4 Å². The molecule has 0 bridgehead atoms. The maximum Gasteiger partial charge on any atom is 0.224 e. The summed E-state index contributed by atoms with van der Waals surface area (Å²) in [4.78, 5) is 29.2. The number of nitrogens with zero attached hydrogens (tertiary/aromatic N) is 2. The number of carbonyl (C=O) groups excluding carboxylic acids is 2. The van der Waals surface area contributed by atoms with Crippen molar-refractivity contribution in [3.63, 3.8) is 0 Å². The number of thioether (sulfide) groups is 1. The molecule has 2 amide bonds. The van der Waals surface area contributed by atoms with Gasteiger partial charge in [-0.15, -0.1) is 0 Å². The molecule has 0 aliphatic carbocycles. The normalized spacial score (nSPS) is 17.1. The molecule has 6 N–H and O–H groups in total. The van der Waals surface area contributed by atoms with Crippen molar-refractivity contribution in [2.75, 3.05) is 16.8 Å². The molecule has 52 heavy (non-hydrogen) atoms. The number of para-hydroxylation sites is 2. The van der Waals surface area contributed by atoms with E-state index in [1.807, 2.05) is 66.7 Å². The minimum absolute atomic E-state index is 0.00853. The molecular formula is C40H44N6O5S. The summed E-state index contributed by atoms with van der Waals surface area (Å²) >= 11 is 1.56. The summed E-state index contributed by atoms with van der Waals surface area (Å²) in [6.45, 7) is 0.402. The average Bonchev–Trinajstić information content (AvgIpc) is 3.71. The van der Waals surface area contributed by atoms with E-state index in [4.69, 9.17) is 15.2 Å². The predicted molar refractivity (Wildman–Crippen MR) is 202 cm³/mol. The number of aromatic nitrogens is 3. The van der Waals surface area contributed by atoms with Gasteiger partial charge in [0.2, 0.25) is 11.8 Å².